The molecule has 1 aromatic rings. The normalized spacial score (nSPS) is 18.1. The molecule has 0 aliphatic heterocycles. The van der Waals surface area contributed by atoms with Crippen LogP contribution in [-0.2, 0) is 5.41 Å². The fourth-order valence-electron chi connectivity index (χ4n) is 1.81. The number of hydrogen-bond donors (Lipinski definition) is 1. The van der Waals surface area contributed by atoms with E-state index in [0.717, 1.165) is 0 Å². The molecule has 0 spiro atoms. The molecule has 0 amide bonds. The van der Waals surface area contributed by atoms with Gasteiger partial charge in [-0.2, -0.15) is 11.8 Å². The highest BCUT2D eigenvalue weighted by atomic mass is 32.2. The summed E-state index contributed by atoms with van der Waals surface area (Å²) in [5, 5.41) is 9.96. The summed E-state index contributed by atoms with van der Waals surface area (Å²) in [6, 6.07) is 7.75. The average Bonchev–Trinajstić information content (AvgIpc) is 2.97. The summed E-state index contributed by atoms with van der Waals surface area (Å²) in [7, 11) is 0. The summed E-state index contributed by atoms with van der Waals surface area (Å²) in [6.45, 7) is 4.50. The van der Waals surface area contributed by atoms with E-state index in [4.69, 9.17) is 0 Å². The topological polar surface area (TPSA) is 20.2 Å². The molecule has 0 atom stereocenters. The summed E-state index contributed by atoms with van der Waals surface area (Å²) in [5.74, 6) is 1.58. The van der Waals surface area contributed by atoms with Crippen LogP contribution in [0.4, 0.5) is 0 Å². The Morgan fingerprint density at radius 3 is 2.33 bits per heavy atom. The van der Waals surface area contributed by atoms with Crippen molar-refractivity contribution < 1.29 is 5.11 Å². The van der Waals surface area contributed by atoms with Crippen LogP contribution in [0.2, 0.25) is 0 Å². The van der Waals surface area contributed by atoms with Crippen LogP contribution < -0.4 is 0 Å². The molecule has 0 heterocycles. The van der Waals surface area contributed by atoms with Gasteiger partial charge in [-0.25, -0.2) is 0 Å². The van der Waals surface area contributed by atoms with Gasteiger partial charge in [-0.05, 0) is 35.8 Å². The maximum Gasteiger partial charge on any atom is 0.115 e. The monoisotopic (exact) mass is 222 g/mol. The maximum atomic E-state index is 9.26. The van der Waals surface area contributed by atoms with E-state index in [1.54, 1.807) is 12.1 Å². The van der Waals surface area contributed by atoms with Gasteiger partial charge in [-0.3, -0.25) is 0 Å². The second-order valence-electron chi connectivity index (χ2n) is 4.69. The summed E-state index contributed by atoms with van der Waals surface area (Å²) in [4.78, 5) is 0. The first-order valence-corrected chi connectivity index (χ1v) is 6.58. The van der Waals surface area contributed by atoms with Crippen LogP contribution in [0.5, 0.6) is 5.75 Å². The lowest BCUT2D eigenvalue weighted by Gasteiger charge is -2.16. The Kier molecular flexibility index (Phi) is 2.96. The number of aromatic hydroxyl groups is 1. The third kappa shape index (κ3) is 2.49. The maximum absolute atomic E-state index is 9.26. The minimum absolute atomic E-state index is 0.367. The Balaban J connectivity index is 2.06. The van der Waals surface area contributed by atoms with Crippen LogP contribution >= 0.6 is 11.8 Å². The zero-order valence-electron chi connectivity index (χ0n) is 9.36. The third-order valence-corrected chi connectivity index (χ3v) is 4.41. The Morgan fingerprint density at radius 1 is 1.27 bits per heavy atom. The van der Waals surface area contributed by atoms with E-state index in [1.165, 1.54) is 24.2 Å². The van der Waals surface area contributed by atoms with Gasteiger partial charge in [0.25, 0.3) is 0 Å². The molecular formula is C13H18OS. The Morgan fingerprint density at radius 2 is 1.87 bits per heavy atom. The van der Waals surface area contributed by atoms with Crippen LogP contribution in [0.3, 0.4) is 0 Å². The van der Waals surface area contributed by atoms with Crippen molar-refractivity contribution in [1.82, 2.24) is 0 Å². The second kappa shape index (κ2) is 4.09. The largest absolute Gasteiger partial charge is 0.508 e. The van der Waals surface area contributed by atoms with E-state index in [1.807, 2.05) is 11.8 Å². The Bertz CT molecular complexity index is 325. The van der Waals surface area contributed by atoms with Crippen molar-refractivity contribution in [3.63, 3.8) is 0 Å². The molecular weight excluding hydrogens is 204 g/mol. The van der Waals surface area contributed by atoms with Crippen molar-refractivity contribution in [2.75, 3.05) is 5.75 Å². The first-order chi connectivity index (χ1) is 7.12. The van der Waals surface area contributed by atoms with E-state index in [2.05, 4.69) is 26.0 Å². The van der Waals surface area contributed by atoms with Crippen molar-refractivity contribution in [3.05, 3.63) is 29.8 Å². The molecule has 1 N–H and O–H groups in total. The fraction of sp³-hybridized carbons (Fsp3) is 0.538. The van der Waals surface area contributed by atoms with Crippen molar-refractivity contribution >= 4 is 11.8 Å². The van der Waals surface area contributed by atoms with Gasteiger partial charge in [0, 0.05) is 11.2 Å². The molecule has 0 bridgehead atoms. The lowest BCUT2D eigenvalue weighted by Crippen LogP contribution is -2.11. The van der Waals surface area contributed by atoms with Gasteiger partial charge < -0.3 is 5.11 Å². The molecule has 1 fully saturated rings. The predicted octanol–water partition coefficient (Wildman–Crippen LogP) is 3.57. The smallest absolute Gasteiger partial charge is 0.115 e. The van der Waals surface area contributed by atoms with E-state index in [-0.39, 0.29) is 0 Å². The third-order valence-electron chi connectivity index (χ3n) is 3.03. The van der Waals surface area contributed by atoms with Gasteiger partial charge in [0.15, 0.2) is 0 Å². The van der Waals surface area contributed by atoms with Crippen molar-refractivity contribution in [1.29, 1.82) is 0 Å². The van der Waals surface area contributed by atoms with E-state index in [9.17, 15) is 5.11 Å². The number of thioether (sulfide) groups is 1. The minimum atomic E-state index is 0.367. The molecule has 82 valence electrons. The first-order valence-electron chi connectivity index (χ1n) is 5.53. The van der Waals surface area contributed by atoms with E-state index in [0.29, 0.717) is 16.4 Å². The van der Waals surface area contributed by atoms with Gasteiger partial charge in [0.2, 0.25) is 0 Å². The number of benzene rings is 1. The first kappa shape index (κ1) is 10.9. The lowest BCUT2D eigenvalue weighted by molar-refractivity contribution is 0.475. The second-order valence-corrected chi connectivity index (χ2v) is 6.25. The lowest BCUT2D eigenvalue weighted by atomic mass is 9.98. The summed E-state index contributed by atoms with van der Waals surface area (Å²) < 4.78 is 0. The predicted molar refractivity (Wildman–Crippen MR) is 66.6 cm³/mol. The average molecular weight is 222 g/mol. The van der Waals surface area contributed by atoms with Crippen LogP contribution in [0.1, 0.15) is 32.3 Å². The highest BCUT2D eigenvalue weighted by molar-refractivity contribution is 7.99. The number of rotatable bonds is 4. The Hall–Kier alpha value is -0.630. The van der Waals surface area contributed by atoms with Gasteiger partial charge in [0.1, 0.15) is 5.75 Å². The van der Waals surface area contributed by atoms with Crippen LogP contribution in [0, 0.1) is 0 Å². The van der Waals surface area contributed by atoms with E-state index >= 15 is 0 Å². The zero-order chi connectivity index (χ0) is 10.9. The molecule has 0 radical (unpaired) electrons. The van der Waals surface area contributed by atoms with Crippen LogP contribution in [0.15, 0.2) is 24.3 Å². The summed E-state index contributed by atoms with van der Waals surface area (Å²) in [6.07, 6.45) is 2.61. The molecule has 1 aliphatic carbocycles. The van der Waals surface area contributed by atoms with Crippen LogP contribution in [-0.4, -0.2) is 16.1 Å². The van der Waals surface area contributed by atoms with Gasteiger partial charge in [0.05, 0.1) is 0 Å². The molecule has 1 aliphatic rings. The number of hydrogen-bond acceptors (Lipinski definition) is 2. The van der Waals surface area contributed by atoms with Gasteiger partial charge in [-0.15, -0.1) is 0 Å². The van der Waals surface area contributed by atoms with Crippen molar-refractivity contribution in [3.8, 4) is 5.75 Å². The molecule has 2 heteroatoms. The SMILES string of the molecule is CC(C)SCC1(c2ccc(O)cc2)CC1. The highest BCUT2D eigenvalue weighted by Crippen LogP contribution is 2.50. The fourth-order valence-corrected chi connectivity index (χ4v) is 2.92. The summed E-state index contributed by atoms with van der Waals surface area (Å²) in [5.41, 5.74) is 1.82. The van der Waals surface area contributed by atoms with Gasteiger partial charge >= 0.3 is 0 Å². The molecule has 15 heavy (non-hydrogen) atoms. The summed E-state index contributed by atoms with van der Waals surface area (Å²) >= 11 is 2.04. The minimum Gasteiger partial charge on any atom is -0.508 e. The van der Waals surface area contributed by atoms with Crippen molar-refractivity contribution in [2.24, 2.45) is 0 Å². The molecule has 0 saturated heterocycles. The van der Waals surface area contributed by atoms with E-state index < -0.39 is 0 Å². The quantitative estimate of drug-likeness (QED) is 0.840. The number of phenolic OH excluding ortho intramolecular Hbond substituents is 1. The molecule has 0 aromatic heterocycles. The molecule has 2 rings (SSSR count). The molecule has 1 nitrogen and oxygen atoms in total. The zero-order valence-corrected chi connectivity index (χ0v) is 10.2. The van der Waals surface area contributed by atoms with Crippen LogP contribution in [0.25, 0.3) is 0 Å². The highest BCUT2D eigenvalue weighted by Gasteiger charge is 2.43. The standard InChI is InChI=1S/C13H18OS/c1-10(2)15-9-13(7-8-13)11-3-5-12(14)6-4-11/h3-6,10,14H,7-9H2,1-2H3. The molecule has 1 saturated carbocycles. The molecule has 0 unspecified atom stereocenters. The van der Waals surface area contributed by atoms with Gasteiger partial charge in [-0.1, -0.05) is 26.0 Å². The molecule has 1 aromatic carbocycles. The number of phenols is 1. The van der Waals surface area contributed by atoms with Crippen molar-refractivity contribution in [2.45, 2.75) is 37.4 Å². The Labute approximate surface area is 95.9 Å².